The van der Waals surface area contributed by atoms with Gasteiger partial charge in [-0.2, -0.15) is 0 Å². The van der Waals surface area contributed by atoms with Crippen molar-refractivity contribution >= 4 is 14.4 Å². The highest BCUT2D eigenvalue weighted by molar-refractivity contribution is 7.72. The van der Waals surface area contributed by atoms with Crippen LogP contribution in [0.5, 0.6) is 0 Å². The Labute approximate surface area is 201 Å². The van der Waals surface area contributed by atoms with Crippen molar-refractivity contribution < 1.29 is 26.7 Å². The number of likely N-dealkylation sites (tertiary alicyclic amines) is 1. The Morgan fingerprint density at radius 3 is 1.48 bits per heavy atom. The molecule has 2 heterocycles. The zero-order chi connectivity index (χ0) is 24.6. The van der Waals surface area contributed by atoms with Crippen LogP contribution in [-0.2, 0) is 4.57 Å². The summed E-state index contributed by atoms with van der Waals surface area (Å²) in [4.78, 5) is 1.71. The van der Waals surface area contributed by atoms with Gasteiger partial charge in [0.05, 0.1) is 18.7 Å². The minimum absolute atomic E-state index is 0.569. The zero-order valence-electron chi connectivity index (χ0n) is 21.4. The SMILES string of the molecule is CCCCCCCCCCCCCCCCC1C([NH+]2CCCCC2)P1(=O)CC.F[B-](F)(F)F. The van der Waals surface area contributed by atoms with Gasteiger partial charge in [0.25, 0.3) is 0 Å². The van der Waals surface area contributed by atoms with Crippen molar-refractivity contribution in [1.29, 1.82) is 0 Å². The van der Waals surface area contributed by atoms with Gasteiger partial charge in [0.15, 0.2) is 7.14 Å². The van der Waals surface area contributed by atoms with Gasteiger partial charge in [0.2, 0.25) is 0 Å². The molecule has 0 radical (unpaired) electrons. The summed E-state index contributed by atoms with van der Waals surface area (Å²) in [5.74, 6) is 0.569. The molecule has 0 amide bonds. The second-order valence-corrected chi connectivity index (χ2v) is 13.8. The summed E-state index contributed by atoms with van der Waals surface area (Å²) in [5.41, 5.74) is 0.600. The van der Waals surface area contributed by atoms with E-state index < -0.39 is 14.4 Å². The Balaban J connectivity index is 0.000000981. The van der Waals surface area contributed by atoms with Gasteiger partial charge >= 0.3 is 7.25 Å². The van der Waals surface area contributed by atoms with E-state index in [1.165, 1.54) is 129 Å². The predicted molar refractivity (Wildman–Crippen MR) is 135 cm³/mol. The van der Waals surface area contributed by atoms with Crippen molar-refractivity contribution in [1.82, 2.24) is 0 Å². The summed E-state index contributed by atoms with van der Waals surface area (Å²) in [6.45, 7) is 7.07. The van der Waals surface area contributed by atoms with Gasteiger partial charge in [-0.15, -0.1) is 0 Å². The van der Waals surface area contributed by atoms with Gasteiger partial charge in [-0.1, -0.05) is 104 Å². The van der Waals surface area contributed by atoms with Crippen LogP contribution in [0.2, 0.25) is 0 Å². The fourth-order valence-electron chi connectivity index (χ4n) is 5.67. The van der Waals surface area contributed by atoms with Crippen molar-refractivity contribution in [2.24, 2.45) is 0 Å². The Bertz CT molecular complexity index is 523. The number of piperidine rings is 1. The summed E-state index contributed by atoms with van der Waals surface area (Å²) < 4.78 is 52.2. The topological polar surface area (TPSA) is 21.5 Å². The average molecular weight is 499 g/mol. The molecule has 2 rings (SSSR count). The van der Waals surface area contributed by atoms with E-state index in [0.717, 1.165) is 6.16 Å². The molecule has 0 saturated carbocycles. The van der Waals surface area contributed by atoms with Crippen LogP contribution < -0.4 is 4.90 Å². The molecule has 0 aromatic carbocycles. The Morgan fingerprint density at radius 2 is 1.09 bits per heavy atom. The molecule has 8 heteroatoms. The van der Waals surface area contributed by atoms with Gasteiger partial charge in [-0.05, 0) is 25.7 Å². The minimum Gasteiger partial charge on any atom is -0.418 e. The smallest absolute Gasteiger partial charge is 0.418 e. The van der Waals surface area contributed by atoms with Crippen LogP contribution in [-0.4, -0.2) is 37.9 Å². The first kappa shape index (κ1) is 31.0. The van der Waals surface area contributed by atoms with Crippen LogP contribution in [0.1, 0.15) is 129 Å². The van der Waals surface area contributed by atoms with Gasteiger partial charge < -0.3 is 26.7 Å². The van der Waals surface area contributed by atoms with Crippen molar-refractivity contribution in [3.8, 4) is 0 Å². The number of halogens is 4. The van der Waals surface area contributed by atoms with Crippen molar-refractivity contribution in [2.75, 3.05) is 19.3 Å². The maximum absolute atomic E-state index is 13.2. The number of hydrogen-bond acceptors (Lipinski definition) is 1. The summed E-state index contributed by atoms with van der Waals surface area (Å²) in [5, 5.41) is 0. The van der Waals surface area contributed by atoms with Gasteiger partial charge in [0.1, 0.15) is 5.78 Å². The molecule has 33 heavy (non-hydrogen) atoms. The molecule has 2 nitrogen and oxygen atoms in total. The van der Waals surface area contributed by atoms with Crippen LogP contribution in [0.4, 0.5) is 17.3 Å². The first-order chi connectivity index (χ1) is 15.7. The van der Waals surface area contributed by atoms with E-state index in [1.54, 1.807) is 4.90 Å². The molecule has 2 aliphatic rings. The Hall–Kier alpha value is -0.0251. The molecule has 2 fully saturated rings. The maximum Gasteiger partial charge on any atom is 0.673 e. The molecular weight excluding hydrogens is 448 g/mol. The summed E-state index contributed by atoms with van der Waals surface area (Å²) >= 11 is 0. The lowest BCUT2D eigenvalue weighted by atomic mass is 10.0. The van der Waals surface area contributed by atoms with E-state index in [2.05, 4.69) is 13.8 Å². The molecule has 3 atom stereocenters. The van der Waals surface area contributed by atoms with Crippen molar-refractivity contribution in [3.05, 3.63) is 0 Å². The van der Waals surface area contributed by atoms with E-state index in [0.29, 0.717) is 11.4 Å². The summed E-state index contributed by atoms with van der Waals surface area (Å²) in [6, 6.07) is 0. The quantitative estimate of drug-likeness (QED) is 0.0924. The molecule has 0 spiro atoms. The number of unbranched alkanes of at least 4 members (excludes halogenated alkanes) is 13. The fraction of sp³-hybridized carbons (Fsp3) is 1.00. The van der Waals surface area contributed by atoms with E-state index >= 15 is 0 Å². The zero-order valence-corrected chi connectivity index (χ0v) is 22.3. The van der Waals surface area contributed by atoms with Crippen molar-refractivity contribution in [3.63, 3.8) is 0 Å². The third kappa shape index (κ3) is 14.2. The third-order valence-corrected chi connectivity index (χ3v) is 11.6. The molecular formula is C25H51BF4NOP. The number of nitrogens with one attached hydrogen (secondary N) is 1. The molecule has 1 N–H and O–H groups in total. The third-order valence-electron chi connectivity index (χ3n) is 7.57. The highest BCUT2D eigenvalue weighted by atomic mass is 31.2. The maximum atomic E-state index is 13.2. The lowest BCUT2D eigenvalue weighted by molar-refractivity contribution is -0.910. The molecule has 0 aliphatic carbocycles. The molecule has 2 saturated heterocycles. The Kier molecular flexibility index (Phi) is 16.4. The van der Waals surface area contributed by atoms with Crippen LogP contribution in [0.3, 0.4) is 0 Å². The molecule has 0 aromatic rings. The molecule has 2 aliphatic heterocycles. The molecule has 0 bridgehead atoms. The van der Waals surface area contributed by atoms with E-state index in [-0.39, 0.29) is 0 Å². The van der Waals surface area contributed by atoms with Gasteiger partial charge in [0, 0.05) is 6.16 Å². The molecule has 0 aromatic heterocycles. The molecule has 198 valence electrons. The van der Waals surface area contributed by atoms with Crippen LogP contribution in [0, 0.1) is 0 Å². The number of quaternary nitrogens is 1. The van der Waals surface area contributed by atoms with Crippen LogP contribution >= 0.6 is 7.14 Å². The van der Waals surface area contributed by atoms with E-state index in [1.807, 2.05) is 0 Å². The summed E-state index contributed by atoms with van der Waals surface area (Å²) in [6.07, 6.45) is 26.3. The van der Waals surface area contributed by atoms with Gasteiger partial charge in [-0.3, -0.25) is 0 Å². The van der Waals surface area contributed by atoms with Crippen molar-refractivity contribution in [2.45, 2.75) is 141 Å². The van der Waals surface area contributed by atoms with Gasteiger partial charge in [-0.25, -0.2) is 0 Å². The first-order valence-electron chi connectivity index (χ1n) is 14.0. The normalized spacial score (nSPS) is 25.5. The standard InChI is InChI=1S/C25H50NOP.BF4/c1-3-5-6-7-8-9-10-11-12-13-14-15-16-18-21-24-25(28(24,27)4-2)26-22-19-17-20-23-26;2-1(3,4)5/h24-25H,3-23H2,1-2H3;/q;-1/p+1. The monoisotopic (exact) mass is 499 g/mol. The lowest BCUT2D eigenvalue weighted by Gasteiger charge is -2.23. The highest BCUT2D eigenvalue weighted by Crippen LogP contribution is 2.72. The largest absolute Gasteiger partial charge is 0.673 e. The number of hydrogen-bond donors (Lipinski definition) is 1. The second-order valence-electron chi connectivity index (χ2n) is 10.3. The minimum atomic E-state index is -6.00. The molecule has 3 unspecified atom stereocenters. The number of rotatable bonds is 17. The van der Waals surface area contributed by atoms with Crippen LogP contribution in [0.25, 0.3) is 0 Å². The van der Waals surface area contributed by atoms with E-state index in [4.69, 9.17) is 0 Å². The second kappa shape index (κ2) is 17.4. The highest BCUT2D eigenvalue weighted by Gasteiger charge is 2.65. The fourth-order valence-corrected chi connectivity index (χ4v) is 9.70. The summed E-state index contributed by atoms with van der Waals surface area (Å²) in [7, 11) is -7.81. The Morgan fingerprint density at radius 1 is 0.697 bits per heavy atom. The lowest BCUT2D eigenvalue weighted by Crippen LogP contribution is -3.14. The predicted octanol–water partition coefficient (Wildman–Crippen LogP) is 8.32. The first-order valence-corrected chi connectivity index (χ1v) is 16.1. The van der Waals surface area contributed by atoms with E-state index in [9.17, 15) is 21.8 Å². The average Bonchev–Trinajstić information content (AvgIpc) is 3.37. The van der Waals surface area contributed by atoms with Crippen LogP contribution in [0.15, 0.2) is 0 Å².